The van der Waals surface area contributed by atoms with E-state index in [0.717, 1.165) is 54.6 Å². The zero-order valence-corrected chi connectivity index (χ0v) is 18.5. The molecule has 0 spiro atoms. The molecule has 0 atom stereocenters. The normalized spacial score (nSPS) is 14.6. The smallest absolute Gasteiger partial charge is 0.165 e. The highest BCUT2D eigenvalue weighted by molar-refractivity contribution is 5.81. The Hall–Kier alpha value is -3.34. The Morgan fingerprint density at radius 2 is 1.42 bits per heavy atom. The molecule has 1 saturated heterocycles. The van der Waals surface area contributed by atoms with Crippen LogP contribution in [0.1, 0.15) is 31.2 Å². The average molecular weight is 412 g/mol. The van der Waals surface area contributed by atoms with Crippen molar-refractivity contribution in [3.05, 3.63) is 78.1 Å². The lowest BCUT2D eigenvalue weighted by Gasteiger charge is -2.37. The molecule has 158 valence electrons. The topological polar surface area (TPSA) is 36.7 Å². The van der Waals surface area contributed by atoms with Gasteiger partial charge in [-0.1, -0.05) is 62.4 Å². The zero-order valence-electron chi connectivity index (χ0n) is 18.5. The minimum atomic E-state index is 0.355. The third-order valence-electron chi connectivity index (χ3n) is 6.14. The fourth-order valence-electron chi connectivity index (χ4n) is 4.42. The van der Waals surface area contributed by atoms with Gasteiger partial charge in [-0.15, -0.1) is 0 Å². The van der Waals surface area contributed by atoms with E-state index < -0.39 is 0 Å². The van der Waals surface area contributed by atoms with E-state index >= 15 is 0 Å². The van der Waals surface area contributed by atoms with Gasteiger partial charge in [-0.3, -0.25) is 0 Å². The fraction of sp³-hybridized carbons (Fsp3) is 0.308. The Morgan fingerprint density at radius 1 is 0.806 bits per heavy atom. The van der Waals surface area contributed by atoms with Crippen molar-refractivity contribution in [3.8, 4) is 11.1 Å². The molecule has 5 nitrogen and oxygen atoms in total. The van der Waals surface area contributed by atoms with Crippen LogP contribution < -0.4 is 9.80 Å². The van der Waals surface area contributed by atoms with Gasteiger partial charge in [0.25, 0.3) is 0 Å². The summed E-state index contributed by atoms with van der Waals surface area (Å²) in [5.74, 6) is 1.50. The standard InChI is InChI=1S/C26H29N5/c1-19(2)23-18-24(30-16-14-29(15-17-30)22-12-8-5-9-13-22)31-26(27-23)25(20(3)28-31)21-10-6-4-7-11-21/h4-13,18-19H,14-17H2,1-3H3. The van der Waals surface area contributed by atoms with Gasteiger partial charge < -0.3 is 9.80 Å². The third kappa shape index (κ3) is 3.65. The molecule has 0 amide bonds. The molecule has 0 unspecified atom stereocenters. The molecule has 0 bridgehead atoms. The Balaban J connectivity index is 1.54. The lowest BCUT2D eigenvalue weighted by Crippen LogP contribution is -2.47. The summed E-state index contributed by atoms with van der Waals surface area (Å²) in [7, 11) is 0. The van der Waals surface area contributed by atoms with Crippen LogP contribution in [0.2, 0.25) is 0 Å². The first-order valence-corrected chi connectivity index (χ1v) is 11.1. The SMILES string of the molecule is Cc1nn2c(N3CCN(c4ccccc4)CC3)cc(C(C)C)nc2c1-c1ccccc1. The van der Waals surface area contributed by atoms with E-state index in [2.05, 4.69) is 102 Å². The predicted molar refractivity (Wildman–Crippen MR) is 128 cm³/mol. The predicted octanol–water partition coefficient (Wildman–Crippen LogP) is 5.15. The highest BCUT2D eigenvalue weighted by Gasteiger charge is 2.23. The summed E-state index contributed by atoms with van der Waals surface area (Å²) in [6, 6.07) is 23.4. The van der Waals surface area contributed by atoms with E-state index in [4.69, 9.17) is 10.1 Å². The number of para-hydroxylation sites is 1. The number of fused-ring (bicyclic) bond motifs is 1. The van der Waals surface area contributed by atoms with E-state index in [1.165, 1.54) is 11.3 Å². The van der Waals surface area contributed by atoms with Crippen molar-refractivity contribution >= 4 is 17.2 Å². The maximum absolute atomic E-state index is 5.05. The molecule has 3 heterocycles. The Kier molecular flexibility index (Phi) is 5.10. The van der Waals surface area contributed by atoms with Gasteiger partial charge in [-0.25, -0.2) is 4.98 Å². The number of anilines is 2. The van der Waals surface area contributed by atoms with E-state index in [9.17, 15) is 0 Å². The lowest BCUT2D eigenvalue weighted by molar-refractivity contribution is 0.636. The monoisotopic (exact) mass is 411 g/mol. The molecule has 1 aliphatic rings. The average Bonchev–Trinajstić information content (AvgIpc) is 3.15. The largest absolute Gasteiger partial charge is 0.368 e. The number of aryl methyl sites for hydroxylation is 1. The van der Waals surface area contributed by atoms with E-state index in [1.807, 2.05) is 0 Å². The van der Waals surface area contributed by atoms with Gasteiger partial charge in [0.15, 0.2) is 5.65 Å². The molecular formula is C26H29N5. The number of piperazine rings is 1. The molecule has 2 aromatic heterocycles. The van der Waals surface area contributed by atoms with Gasteiger partial charge in [0.05, 0.1) is 5.69 Å². The quantitative estimate of drug-likeness (QED) is 0.465. The highest BCUT2D eigenvalue weighted by atomic mass is 15.4. The highest BCUT2D eigenvalue weighted by Crippen LogP contribution is 2.32. The summed E-state index contributed by atoms with van der Waals surface area (Å²) in [4.78, 5) is 9.97. The molecule has 4 aromatic rings. The van der Waals surface area contributed by atoms with Gasteiger partial charge in [0.1, 0.15) is 5.82 Å². The number of aromatic nitrogens is 3. The van der Waals surface area contributed by atoms with Crippen LogP contribution in [-0.4, -0.2) is 40.8 Å². The molecule has 5 heteroatoms. The Morgan fingerprint density at radius 3 is 2.06 bits per heavy atom. The minimum Gasteiger partial charge on any atom is -0.368 e. The molecule has 1 fully saturated rings. The van der Waals surface area contributed by atoms with Crippen molar-refractivity contribution in [2.75, 3.05) is 36.0 Å². The molecular weight excluding hydrogens is 382 g/mol. The third-order valence-corrected chi connectivity index (χ3v) is 6.14. The van der Waals surface area contributed by atoms with Crippen LogP contribution in [0.3, 0.4) is 0 Å². The maximum Gasteiger partial charge on any atom is 0.165 e. The van der Waals surface area contributed by atoms with Crippen molar-refractivity contribution < 1.29 is 0 Å². The Labute approximate surface area is 184 Å². The van der Waals surface area contributed by atoms with Crippen molar-refractivity contribution in [1.29, 1.82) is 0 Å². The van der Waals surface area contributed by atoms with E-state index in [-0.39, 0.29) is 0 Å². The van der Waals surface area contributed by atoms with Crippen LogP contribution in [0, 0.1) is 6.92 Å². The lowest BCUT2D eigenvalue weighted by atomic mass is 10.1. The van der Waals surface area contributed by atoms with Crippen LogP contribution in [0.25, 0.3) is 16.8 Å². The number of benzene rings is 2. The number of rotatable bonds is 4. The maximum atomic E-state index is 5.05. The van der Waals surface area contributed by atoms with Gasteiger partial charge >= 0.3 is 0 Å². The van der Waals surface area contributed by atoms with Crippen molar-refractivity contribution in [2.45, 2.75) is 26.7 Å². The summed E-state index contributed by atoms with van der Waals surface area (Å²) < 4.78 is 2.06. The molecule has 5 rings (SSSR count). The summed E-state index contributed by atoms with van der Waals surface area (Å²) in [5.41, 5.74) is 6.69. The van der Waals surface area contributed by atoms with Gasteiger partial charge in [-0.2, -0.15) is 9.61 Å². The van der Waals surface area contributed by atoms with Gasteiger partial charge in [0.2, 0.25) is 0 Å². The number of hydrogen-bond acceptors (Lipinski definition) is 4. The first kappa shape index (κ1) is 19.6. The van der Waals surface area contributed by atoms with Crippen molar-refractivity contribution in [3.63, 3.8) is 0 Å². The summed E-state index contributed by atoms with van der Waals surface area (Å²) in [6.45, 7) is 10.4. The van der Waals surface area contributed by atoms with Crippen molar-refractivity contribution in [1.82, 2.24) is 14.6 Å². The summed E-state index contributed by atoms with van der Waals surface area (Å²) in [5, 5.41) is 4.94. The second-order valence-corrected chi connectivity index (χ2v) is 8.57. The Bertz CT molecular complexity index is 1170. The van der Waals surface area contributed by atoms with E-state index in [0.29, 0.717) is 5.92 Å². The number of nitrogens with zero attached hydrogens (tertiary/aromatic N) is 5. The van der Waals surface area contributed by atoms with Crippen LogP contribution in [0.5, 0.6) is 0 Å². The summed E-state index contributed by atoms with van der Waals surface area (Å²) >= 11 is 0. The van der Waals surface area contributed by atoms with Crippen LogP contribution in [0.15, 0.2) is 66.7 Å². The molecule has 1 aliphatic heterocycles. The van der Waals surface area contributed by atoms with Crippen LogP contribution >= 0.6 is 0 Å². The molecule has 0 radical (unpaired) electrons. The summed E-state index contributed by atoms with van der Waals surface area (Å²) in [6.07, 6.45) is 0. The first-order valence-electron chi connectivity index (χ1n) is 11.1. The molecule has 31 heavy (non-hydrogen) atoms. The minimum absolute atomic E-state index is 0.355. The first-order chi connectivity index (χ1) is 15.1. The van der Waals surface area contributed by atoms with E-state index in [1.54, 1.807) is 0 Å². The van der Waals surface area contributed by atoms with Gasteiger partial charge in [0, 0.05) is 49.2 Å². The zero-order chi connectivity index (χ0) is 21.4. The number of hydrogen-bond donors (Lipinski definition) is 0. The van der Waals surface area contributed by atoms with Gasteiger partial charge in [-0.05, 0) is 30.5 Å². The van der Waals surface area contributed by atoms with Crippen molar-refractivity contribution in [2.24, 2.45) is 0 Å². The molecule has 0 N–H and O–H groups in total. The molecule has 0 aliphatic carbocycles. The molecule has 0 saturated carbocycles. The second kappa shape index (κ2) is 8.06. The fourth-order valence-corrected chi connectivity index (χ4v) is 4.42. The van der Waals surface area contributed by atoms with Crippen LogP contribution in [0.4, 0.5) is 11.5 Å². The van der Waals surface area contributed by atoms with Crippen LogP contribution in [-0.2, 0) is 0 Å². The second-order valence-electron chi connectivity index (χ2n) is 8.57. The molecule has 2 aromatic carbocycles.